The molecule has 0 N–H and O–H groups in total. The lowest BCUT2D eigenvalue weighted by molar-refractivity contribution is 1.21. The molecule has 0 unspecified atom stereocenters. The molecule has 1 heterocycles. The fourth-order valence-electron chi connectivity index (χ4n) is 5.93. The maximum Gasteiger partial charge on any atom is 0.235 e. The maximum absolute atomic E-state index is 5.21. The molecule has 0 atom stereocenters. The average molecular weight is 610 g/mol. The molecular formula is C44H39N3. The van der Waals surface area contributed by atoms with Crippen LogP contribution in [-0.2, 0) is 0 Å². The van der Waals surface area contributed by atoms with Gasteiger partial charge in [0.15, 0.2) is 0 Å². The molecule has 0 radical (unpaired) electrons. The van der Waals surface area contributed by atoms with Crippen molar-refractivity contribution in [2.45, 2.75) is 27.7 Å². The lowest BCUT2D eigenvalue weighted by Crippen LogP contribution is -2.13. The van der Waals surface area contributed by atoms with Crippen molar-refractivity contribution < 1.29 is 0 Å². The van der Waals surface area contributed by atoms with Gasteiger partial charge in [-0.1, -0.05) is 158 Å². The smallest absolute Gasteiger partial charge is 0.235 e. The molecule has 0 aliphatic rings. The number of aryl methyl sites for hydroxylation is 3. The zero-order chi connectivity index (χ0) is 32.8. The maximum atomic E-state index is 5.21. The van der Waals surface area contributed by atoms with Crippen LogP contribution in [0.5, 0.6) is 0 Å². The van der Waals surface area contributed by atoms with E-state index in [0.717, 1.165) is 33.3 Å². The predicted octanol–water partition coefficient (Wildman–Crippen LogP) is 11.5. The molecule has 1 aromatic heterocycles. The second-order valence-electron chi connectivity index (χ2n) is 11.8. The first-order chi connectivity index (χ1) is 22.9. The minimum atomic E-state index is 0.585. The van der Waals surface area contributed by atoms with Crippen molar-refractivity contribution >= 4 is 39.2 Å². The van der Waals surface area contributed by atoms with Gasteiger partial charge in [0, 0.05) is 22.0 Å². The number of fused-ring (bicyclic) bond motifs is 3. The Kier molecular flexibility index (Phi) is 9.36. The van der Waals surface area contributed by atoms with Gasteiger partial charge >= 0.3 is 0 Å². The van der Waals surface area contributed by atoms with E-state index in [0.29, 0.717) is 11.7 Å². The summed E-state index contributed by atoms with van der Waals surface area (Å²) in [5.41, 5.74) is 11.9. The Labute approximate surface area is 277 Å². The van der Waals surface area contributed by atoms with Crippen molar-refractivity contribution in [3.8, 4) is 11.1 Å². The molecule has 0 saturated heterocycles. The van der Waals surface area contributed by atoms with Crippen LogP contribution >= 0.6 is 0 Å². The summed E-state index contributed by atoms with van der Waals surface area (Å²) in [7, 11) is 0. The van der Waals surface area contributed by atoms with E-state index in [1.165, 1.54) is 33.2 Å². The molecule has 7 aromatic rings. The molecule has 230 valence electrons. The first kappa shape index (κ1) is 31.2. The summed E-state index contributed by atoms with van der Waals surface area (Å²) < 4.78 is 2.22. The van der Waals surface area contributed by atoms with Gasteiger partial charge < -0.3 is 0 Å². The van der Waals surface area contributed by atoms with Crippen LogP contribution in [0.25, 0.3) is 38.6 Å². The van der Waals surface area contributed by atoms with E-state index < -0.39 is 0 Å². The minimum absolute atomic E-state index is 0.585. The number of rotatable bonds is 4. The van der Waals surface area contributed by atoms with Crippen LogP contribution in [0, 0.1) is 20.8 Å². The number of para-hydroxylation sites is 1. The summed E-state index contributed by atoms with van der Waals surface area (Å²) in [6.45, 7) is 12.8. The third-order valence-corrected chi connectivity index (χ3v) is 8.40. The molecule has 3 heteroatoms. The molecule has 0 fully saturated rings. The third kappa shape index (κ3) is 6.75. The number of hydrogen-bond donors (Lipinski definition) is 0. The summed E-state index contributed by atoms with van der Waals surface area (Å²) in [4.78, 5) is 10.4. The highest BCUT2D eigenvalue weighted by Gasteiger charge is 2.21. The topological polar surface area (TPSA) is 29.6 Å². The van der Waals surface area contributed by atoms with Gasteiger partial charge in [-0.2, -0.15) is 0 Å². The van der Waals surface area contributed by atoms with E-state index in [-0.39, 0.29) is 0 Å². The van der Waals surface area contributed by atoms with E-state index in [4.69, 9.17) is 9.98 Å². The third-order valence-electron chi connectivity index (χ3n) is 8.40. The lowest BCUT2D eigenvalue weighted by Gasteiger charge is -2.16. The van der Waals surface area contributed by atoms with Gasteiger partial charge in [0.25, 0.3) is 0 Å². The second-order valence-corrected chi connectivity index (χ2v) is 11.8. The normalized spacial score (nSPS) is 11.7. The molecule has 6 aromatic carbocycles. The van der Waals surface area contributed by atoms with E-state index in [9.17, 15) is 0 Å². The number of aromatic nitrogens is 1. The Morgan fingerprint density at radius 2 is 1.11 bits per heavy atom. The zero-order valence-electron chi connectivity index (χ0n) is 27.5. The number of hydrogen-bond acceptors (Lipinski definition) is 1. The van der Waals surface area contributed by atoms with E-state index >= 15 is 0 Å². The van der Waals surface area contributed by atoms with Gasteiger partial charge in [-0.15, -0.1) is 0 Å². The van der Waals surface area contributed by atoms with Crippen molar-refractivity contribution in [2.75, 3.05) is 0 Å². The zero-order valence-corrected chi connectivity index (χ0v) is 27.5. The summed E-state index contributed by atoms with van der Waals surface area (Å²) in [6, 6.07) is 52.1. The molecule has 7 rings (SSSR count). The van der Waals surface area contributed by atoms with Crippen LogP contribution in [0.2, 0.25) is 0 Å². The largest absolute Gasteiger partial charge is 0.277 e. The summed E-state index contributed by atoms with van der Waals surface area (Å²) >= 11 is 0. The second kappa shape index (κ2) is 14.1. The molecule has 0 aliphatic carbocycles. The highest BCUT2D eigenvalue weighted by Crippen LogP contribution is 2.39. The molecule has 47 heavy (non-hydrogen) atoms. The van der Waals surface area contributed by atoms with Gasteiger partial charge in [-0.3, -0.25) is 4.57 Å². The monoisotopic (exact) mass is 609 g/mol. The van der Waals surface area contributed by atoms with E-state index in [2.05, 4.69) is 117 Å². The van der Waals surface area contributed by atoms with Crippen LogP contribution < -0.4 is 0 Å². The average Bonchev–Trinajstić information content (AvgIpc) is 3.44. The van der Waals surface area contributed by atoms with Gasteiger partial charge in [-0.25, -0.2) is 9.98 Å². The Balaban J connectivity index is 0.000000491. The van der Waals surface area contributed by atoms with E-state index in [1.807, 2.05) is 73.7 Å². The van der Waals surface area contributed by atoms with Crippen LogP contribution in [-0.4, -0.2) is 16.2 Å². The standard InChI is InChI=1S/C37H31N3.C7H8/c1-25-15-11-12-20-31(25)35-26(2)23-24-33-32-21-13-14-22-34(32)40(36(33)35)37(38-27(3)29-16-7-5-8-17-29)39-28(4)30-18-9-6-10-19-30;1-7-5-3-2-4-6-7/h5-24H,3H2,1-2,4H3;2-6H,1H3/b38-37?,39-28+;. The van der Waals surface area contributed by atoms with Gasteiger partial charge in [0.2, 0.25) is 5.96 Å². The van der Waals surface area contributed by atoms with Crippen LogP contribution in [0.3, 0.4) is 0 Å². The number of nitrogens with zero attached hydrogens (tertiary/aromatic N) is 3. The van der Waals surface area contributed by atoms with Crippen LogP contribution in [0.4, 0.5) is 0 Å². The molecule has 0 bridgehead atoms. The number of benzene rings is 6. The van der Waals surface area contributed by atoms with Crippen LogP contribution in [0.15, 0.2) is 168 Å². The van der Waals surface area contributed by atoms with Crippen molar-refractivity contribution in [3.05, 3.63) is 186 Å². The highest BCUT2D eigenvalue weighted by atomic mass is 15.2. The highest BCUT2D eigenvalue weighted by molar-refractivity contribution is 6.20. The lowest BCUT2D eigenvalue weighted by atomic mass is 9.94. The fraction of sp³-hybridized carbons (Fsp3) is 0.0909. The quantitative estimate of drug-likeness (QED) is 0.140. The Bertz CT molecular complexity index is 2220. The SMILES string of the molecule is C=C(N=C(/N=C(\C)c1ccccc1)n1c2ccccc2c2ccc(C)c(-c3ccccc3C)c21)c1ccccc1.Cc1ccccc1. The predicted molar refractivity (Wildman–Crippen MR) is 202 cm³/mol. The van der Waals surface area contributed by atoms with E-state index in [1.54, 1.807) is 0 Å². The summed E-state index contributed by atoms with van der Waals surface area (Å²) in [5, 5.41) is 2.34. The molecule has 0 spiro atoms. The number of aliphatic imine (C=N–C) groups is 2. The first-order valence-electron chi connectivity index (χ1n) is 16.0. The summed E-state index contributed by atoms with van der Waals surface area (Å²) in [6.07, 6.45) is 0. The molecule has 3 nitrogen and oxygen atoms in total. The van der Waals surface area contributed by atoms with Crippen molar-refractivity contribution in [2.24, 2.45) is 9.98 Å². The first-order valence-corrected chi connectivity index (χ1v) is 16.0. The molecule has 0 saturated carbocycles. The van der Waals surface area contributed by atoms with Gasteiger partial charge in [-0.05, 0) is 61.6 Å². The fourth-order valence-corrected chi connectivity index (χ4v) is 5.93. The molecule has 0 aliphatic heterocycles. The Morgan fingerprint density at radius 3 is 1.74 bits per heavy atom. The minimum Gasteiger partial charge on any atom is -0.277 e. The molecule has 0 amide bonds. The summed E-state index contributed by atoms with van der Waals surface area (Å²) in [5.74, 6) is 0.585. The van der Waals surface area contributed by atoms with Gasteiger partial charge in [0.05, 0.1) is 16.7 Å². The van der Waals surface area contributed by atoms with Gasteiger partial charge in [0.1, 0.15) is 0 Å². The van der Waals surface area contributed by atoms with Crippen molar-refractivity contribution in [1.29, 1.82) is 0 Å². The van der Waals surface area contributed by atoms with Crippen molar-refractivity contribution in [1.82, 2.24) is 4.57 Å². The van der Waals surface area contributed by atoms with Crippen LogP contribution in [0.1, 0.15) is 34.7 Å². The molecular weight excluding hydrogens is 571 g/mol. The van der Waals surface area contributed by atoms with Crippen molar-refractivity contribution in [3.63, 3.8) is 0 Å². The Morgan fingerprint density at radius 1 is 0.532 bits per heavy atom. The Hall–Kier alpha value is -5.80.